The summed E-state index contributed by atoms with van der Waals surface area (Å²) < 4.78 is 18.1. The molecule has 1 aromatic heterocycles. The average molecular weight is 545 g/mol. The first-order chi connectivity index (χ1) is 14.3. The van der Waals surface area contributed by atoms with Gasteiger partial charge in [-0.05, 0) is 57.1 Å². The Kier molecular flexibility index (Phi) is 11.5. The highest BCUT2D eigenvalue weighted by Crippen LogP contribution is 2.25. The molecule has 2 atom stereocenters. The number of rotatable bonds is 9. The highest BCUT2D eigenvalue weighted by Gasteiger charge is 2.24. The minimum absolute atomic E-state index is 0. The van der Waals surface area contributed by atoms with E-state index in [-0.39, 0.29) is 30.0 Å². The molecule has 2 aromatic rings. The Morgan fingerprint density at radius 2 is 1.90 bits per heavy atom. The highest BCUT2D eigenvalue weighted by atomic mass is 127. The zero-order valence-electron chi connectivity index (χ0n) is 17.6. The molecule has 1 aliphatic rings. The fourth-order valence-corrected chi connectivity index (χ4v) is 4.55. The quantitative estimate of drug-likeness (QED) is 0.286. The molecule has 6 nitrogen and oxygen atoms in total. The summed E-state index contributed by atoms with van der Waals surface area (Å²) in [7, 11) is -1.01. The SMILES string of the molecule is CCNC(=NCC(c1ccco1)N1CCCCC1)NCCS(=O)c1ccccc1.I. The van der Waals surface area contributed by atoms with E-state index in [0.717, 1.165) is 36.2 Å². The third-order valence-corrected chi connectivity index (χ3v) is 6.43. The van der Waals surface area contributed by atoms with E-state index < -0.39 is 10.8 Å². The Balaban J connectivity index is 0.00000320. The molecule has 0 saturated carbocycles. The number of aliphatic imine (C=N–C) groups is 1. The molecule has 2 heterocycles. The average Bonchev–Trinajstić information content (AvgIpc) is 3.30. The summed E-state index contributed by atoms with van der Waals surface area (Å²) in [5.41, 5.74) is 0. The maximum absolute atomic E-state index is 12.4. The normalized spacial score (nSPS) is 17.0. The number of benzene rings is 1. The monoisotopic (exact) mass is 544 g/mol. The van der Waals surface area contributed by atoms with Crippen LogP contribution < -0.4 is 10.6 Å². The molecule has 0 bridgehead atoms. The van der Waals surface area contributed by atoms with Crippen LogP contribution in [0.3, 0.4) is 0 Å². The van der Waals surface area contributed by atoms with Crippen molar-refractivity contribution in [2.75, 3.05) is 38.5 Å². The van der Waals surface area contributed by atoms with Crippen LogP contribution in [0, 0.1) is 0 Å². The molecule has 0 amide bonds. The van der Waals surface area contributed by atoms with Gasteiger partial charge in [-0.1, -0.05) is 24.6 Å². The number of hydrogen-bond acceptors (Lipinski definition) is 4. The Hall–Kier alpha value is -1.39. The Bertz CT molecular complexity index is 765. The van der Waals surface area contributed by atoms with Crippen molar-refractivity contribution in [1.29, 1.82) is 0 Å². The van der Waals surface area contributed by atoms with Crippen molar-refractivity contribution in [2.24, 2.45) is 4.99 Å². The summed E-state index contributed by atoms with van der Waals surface area (Å²) in [6.45, 7) is 6.23. The van der Waals surface area contributed by atoms with Gasteiger partial charge in [0, 0.05) is 23.7 Å². The first kappa shape index (κ1) is 24.9. The number of guanidine groups is 1. The predicted molar refractivity (Wildman–Crippen MR) is 134 cm³/mol. The lowest BCUT2D eigenvalue weighted by atomic mass is 10.1. The second kappa shape index (κ2) is 13.8. The molecule has 166 valence electrons. The lowest BCUT2D eigenvalue weighted by molar-refractivity contribution is 0.150. The van der Waals surface area contributed by atoms with Crippen LogP contribution in [0.2, 0.25) is 0 Å². The number of piperidine rings is 1. The largest absolute Gasteiger partial charge is 0.468 e. The molecule has 2 N–H and O–H groups in total. The molecular weight excluding hydrogens is 511 g/mol. The van der Waals surface area contributed by atoms with E-state index >= 15 is 0 Å². The Morgan fingerprint density at radius 3 is 2.57 bits per heavy atom. The van der Waals surface area contributed by atoms with Gasteiger partial charge in [0.25, 0.3) is 0 Å². The van der Waals surface area contributed by atoms with E-state index in [2.05, 4.69) is 15.5 Å². The van der Waals surface area contributed by atoms with E-state index in [0.29, 0.717) is 18.8 Å². The van der Waals surface area contributed by atoms with Crippen molar-refractivity contribution < 1.29 is 8.63 Å². The van der Waals surface area contributed by atoms with Crippen molar-refractivity contribution in [2.45, 2.75) is 37.1 Å². The van der Waals surface area contributed by atoms with E-state index in [4.69, 9.17) is 9.41 Å². The topological polar surface area (TPSA) is 69.9 Å². The smallest absolute Gasteiger partial charge is 0.191 e. The lowest BCUT2D eigenvalue weighted by Gasteiger charge is -2.32. The van der Waals surface area contributed by atoms with E-state index in [1.54, 1.807) is 6.26 Å². The van der Waals surface area contributed by atoms with Gasteiger partial charge in [-0.15, -0.1) is 24.0 Å². The summed E-state index contributed by atoms with van der Waals surface area (Å²) in [6, 6.07) is 13.7. The van der Waals surface area contributed by atoms with E-state index in [1.807, 2.05) is 49.4 Å². The van der Waals surface area contributed by atoms with Crippen molar-refractivity contribution in [3.63, 3.8) is 0 Å². The molecule has 30 heavy (non-hydrogen) atoms. The molecule has 3 rings (SSSR count). The van der Waals surface area contributed by atoms with Crippen molar-refractivity contribution in [1.82, 2.24) is 15.5 Å². The molecule has 1 aromatic carbocycles. The van der Waals surface area contributed by atoms with Crippen LogP contribution in [0.1, 0.15) is 38.0 Å². The molecule has 0 spiro atoms. The van der Waals surface area contributed by atoms with Crippen LogP contribution in [0.25, 0.3) is 0 Å². The van der Waals surface area contributed by atoms with Crippen LogP contribution in [0.15, 0.2) is 63.0 Å². The van der Waals surface area contributed by atoms with Crippen molar-refractivity contribution in [3.8, 4) is 0 Å². The summed E-state index contributed by atoms with van der Waals surface area (Å²) in [5, 5.41) is 6.61. The molecule has 1 aliphatic heterocycles. The van der Waals surface area contributed by atoms with Gasteiger partial charge < -0.3 is 15.1 Å². The van der Waals surface area contributed by atoms with Crippen molar-refractivity contribution in [3.05, 3.63) is 54.5 Å². The minimum Gasteiger partial charge on any atom is -0.468 e. The molecule has 0 radical (unpaired) electrons. The summed E-state index contributed by atoms with van der Waals surface area (Å²) in [5.74, 6) is 2.27. The maximum Gasteiger partial charge on any atom is 0.191 e. The molecule has 2 unspecified atom stereocenters. The van der Waals surface area contributed by atoms with Gasteiger partial charge >= 0.3 is 0 Å². The fourth-order valence-electron chi connectivity index (χ4n) is 3.57. The second-order valence-corrected chi connectivity index (χ2v) is 8.71. The number of halogens is 1. The van der Waals surface area contributed by atoms with Crippen LogP contribution >= 0.6 is 24.0 Å². The summed E-state index contributed by atoms with van der Waals surface area (Å²) in [4.78, 5) is 8.14. The van der Waals surface area contributed by atoms with Gasteiger partial charge in [0.15, 0.2) is 5.96 Å². The lowest BCUT2D eigenvalue weighted by Crippen LogP contribution is -2.40. The molecule has 1 fully saturated rings. The molecule has 1 saturated heterocycles. The zero-order valence-corrected chi connectivity index (χ0v) is 20.7. The number of furan rings is 1. The van der Waals surface area contributed by atoms with Gasteiger partial charge in [-0.2, -0.15) is 0 Å². The maximum atomic E-state index is 12.4. The third kappa shape index (κ3) is 7.70. The Labute approximate surface area is 199 Å². The molecule has 8 heteroatoms. The molecule has 0 aliphatic carbocycles. The third-order valence-electron chi connectivity index (χ3n) is 5.06. The van der Waals surface area contributed by atoms with E-state index in [1.165, 1.54) is 19.3 Å². The first-order valence-electron chi connectivity index (χ1n) is 10.5. The van der Waals surface area contributed by atoms with Gasteiger partial charge in [-0.25, -0.2) is 0 Å². The standard InChI is InChI=1S/C22H32N4O2S.HI/c1-2-23-22(24-13-17-29(27)19-10-5-3-6-11-19)25-18-20(21-12-9-16-28-21)26-14-7-4-8-15-26;/h3,5-6,9-12,16,20H,2,4,7-8,13-15,17-18H2,1H3,(H2,23,24,25);1H. The van der Waals surface area contributed by atoms with Gasteiger partial charge in [0.2, 0.25) is 0 Å². The first-order valence-corrected chi connectivity index (χ1v) is 11.8. The number of nitrogens with one attached hydrogen (secondary N) is 2. The van der Waals surface area contributed by atoms with Gasteiger partial charge in [0.05, 0.1) is 29.6 Å². The van der Waals surface area contributed by atoms with Crippen LogP contribution in [-0.2, 0) is 10.8 Å². The Morgan fingerprint density at radius 1 is 1.13 bits per heavy atom. The molecular formula is C22H33IN4O2S. The number of nitrogens with zero attached hydrogens (tertiary/aromatic N) is 2. The van der Waals surface area contributed by atoms with Crippen LogP contribution in [0.5, 0.6) is 0 Å². The zero-order chi connectivity index (χ0) is 20.3. The summed E-state index contributed by atoms with van der Waals surface area (Å²) >= 11 is 0. The van der Waals surface area contributed by atoms with Gasteiger partial charge in [-0.3, -0.25) is 14.1 Å². The number of likely N-dealkylation sites (tertiary alicyclic amines) is 1. The second-order valence-electron chi connectivity index (χ2n) is 7.14. The predicted octanol–water partition coefficient (Wildman–Crippen LogP) is 3.79. The van der Waals surface area contributed by atoms with Crippen LogP contribution in [0.4, 0.5) is 0 Å². The van der Waals surface area contributed by atoms with Gasteiger partial charge in [0.1, 0.15) is 5.76 Å². The van der Waals surface area contributed by atoms with Crippen molar-refractivity contribution >= 4 is 40.7 Å². The van der Waals surface area contributed by atoms with E-state index in [9.17, 15) is 4.21 Å². The van der Waals surface area contributed by atoms with Crippen LogP contribution in [-0.4, -0.2) is 53.5 Å². The number of hydrogen-bond donors (Lipinski definition) is 2. The highest BCUT2D eigenvalue weighted by molar-refractivity contribution is 14.0. The summed E-state index contributed by atoms with van der Waals surface area (Å²) in [6.07, 6.45) is 5.49. The minimum atomic E-state index is -1.01. The fraction of sp³-hybridized carbons (Fsp3) is 0.500.